The Hall–Kier alpha value is -2.60. The van der Waals surface area contributed by atoms with Crippen LogP contribution >= 0.6 is 11.3 Å². The fourth-order valence-corrected chi connectivity index (χ4v) is 4.18. The molecule has 2 aliphatic heterocycles. The number of carbonyl (C=O) groups excluding carboxylic acids is 2. The molecule has 1 aromatic heterocycles. The maximum Gasteiger partial charge on any atom is 0.319 e. The number of nitrogens with one attached hydrogen (secondary N) is 2. The molecular formula is C19H19N3O2S. The smallest absolute Gasteiger partial charge is 0.319 e. The molecule has 2 aliphatic rings. The molecule has 0 radical (unpaired) electrons. The van der Waals surface area contributed by atoms with Gasteiger partial charge in [0.15, 0.2) is 0 Å². The lowest BCUT2D eigenvalue weighted by atomic mass is 10.0. The van der Waals surface area contributed by atoms with Gasteiger partial charge in [-0.3, -0.25) is 4.79 Å². The van der Waals surface area contributed by atoms with Crippen molar-refractivity contribution in [2.75, 3.05) is 13.1 Å². The topological polar surface area (TPSA) is 61.4 Å². The molecular weight excluding hydrogens is 334 g/mol. The molecule has 0 fully saturated rings. The Kier molecular flexibility index (Phi) is 4.28. The number of carbonyl (C=O) groups is 2. The van der Waals surface area contributed by atoms with Gasteiger partial charge in [-0.2, -0.15) is 0 Å². The molecule has 5 nitrogen and oxygen atoms in total. The number of thiophene rings is 1. The molecule has 25 heavy (non-hydrogen) atoms. The summed E-state index contributed by atoms with van der Waals surface area (Å²) in [5.74, 6) is 0.0222. The summed E-state index contributed by atoms with van der Waals surface area (Å²) in [7, 11) is 0. The third-order valence-electron chi connectivity index (χ3n) is 4.58. The molecule has 2 N–H and O–H groups in total. The van der Waals surface area contributed by atoms with E-state index in [2.05, 4.69) is 22.8 Å². The molecule has 1 atom stereocenters. The molecule has 2 aromatic rings. The second-order valence-corrected chi connectivity index (χ2v) is 7.23. The Balaban J connectivity index is 1.45. The first-order chi connectivity index (χ1) is 12.2. The van der Waals surface area contributed by atoms with Crippen molar-refractivity contribution in [2.45, 2.75) is 18.9 Å². The minimum absolute atomic E-state index is 0.0222. The van der Waals surface area contributed by atoms with Crippen LogP contribution in [-0.2, 0) is 11.2 Å². The van der Waals surface area contributed by atoms with Gasteiger partial charge in [-0.25, -0.2) is 4.79 Å². The van der Waals surface area contributed by atoms with Crippen LogP contribution in [0.5, 0.6) is 0 Å². The molecule has 128 valence electrons. The van der Waals surface area contributed by atoms with Gasteiger partial charge in [0.2, 0.25) is 0 Å². The summed E-state index contributed by atoms with van der Waals surface area (Å²) < 4.78 is 0. The highest BCUT2D eigenvalue weighted by Crippen LogP contribution is 2.34. The molecule has 1 aromatic carbocycles. The number of hydrogen-bond acceptors (Lipinski definition) is 3. The fourth-order valence-electron chi connectivity index (χ4n) is 3.40. The van der Waals surface area contributed by atoms with E-state index in [4.69, 9.17) is 0 Å². The third kappa shape index (κ3) is 3.17. The lowest BCUT2D eigenvalue weighted by molar-refractivity contribution is -0.125. The number of hydrogen-bond donors (Lipinski definition) is 2. The number of amides is 3. The Labute approximate surface area is 150 Å². The van der Waals surface area contributed by atoms with Crippen molar-refractivity contribution in [3.05, 3.63) is 69.6 Å². The molecule has 1 unspecified atom stereocenters. The zero-order valence-corrected chi connectivity index (χ0v) is 14.5. The molecule has 0 saturated heterocycles. The van der Waals surface area contributed by atoms with E-state index in [1.807, 2.05) is 40.6 Å². The molecule has 0 bridgehead atoms. The first-order valence-corrected chi connectivity index (χ1v) is 9.27. The van der Waals surface area contributed by atoms with Gasteiger partial charge in [-0.15, -0.1) is 11.3 Å². The normalized spacial score (nSPS) is 19.7. The van der Waals surface area contributed by atoms with Crippen LogP contribution in [0.1, 0.15) is 22.9 Å². The van der Waals surface area contributed by atoms with E-state index in [-0.39, 0.29) is 18.0 Å². The predicted molar refractivity (Wildman–Crippen MR) is 97.1 cm³/mol. The van der Waals surface area contributed by atoms with E-state index in [1.165, 1.54) is 5.56 Å². The van der Waals surface area contributed by atoms with Gasteiger partial charge in [0.25, 0.3) is 5.91 Å². The number of nitrogens with zero attached hydrogens (tertiary/aromatic N) is 1. The van der Waals surface area contributed by atoms with E-state index in [0.29, 0.717) is 18.7 Å². The van der Waals surface area contributed by atoms with Crippen LogP contribution in [0.2, 0.25) is 0 Å². The van der Waals surface area contributed by atoms with Gasteiger partial charge in [0.1, 0.15) is 0 Å². The summed E-state index contributed by atoms with van der Waals surface area (Å²) in [5, 5.41) is 7.65. The van der Waals surface area contributed by atoms with Gasteiger partial charge < -0.3 is 15.5 Å². The first-order valence-electron chi connectivity index (χ1n) is 8.39. The van der Waals surface area contributed by atoms with Crippen molar-refractivity contribution < 1.29 is 9.59 Å². The van der Waals surface area contributed by atoms with Crippen LogP contribution in [0.3, 0.4) is 0 Å². The number of aryl methyl sites for hydroxylation is 1. The van der Waals surface area contributed by atoms with Crippen LogP contribution in [0.4, 0.5) is 4.79 Å². The van der Waals surface area contributed by atoms with Crippen molar-refractivity contribution >= 4 is 23.3 Å². The summed E-state index contributed by atoms with van der Waals surface area (Å²) in [6, 6.07) is 13.6. The minimum atomic E-state index is -0.338. The van der Waals surface area contributed by atoms with Gasteiger partial charge in [0, 0.05) is 11.4 Å². The molecule has 4 rings (SSSR count). The SMILES string of the molecule is O=C1NC2=C(C(=O)N(CCCc3ccccc3)C2)C(c2cccs2)N1. The van der Waals surface area contributed by atoms with Crippen molar-refractivity contribution in [3.63, 3.8) is 0 Å². The molecule has 0 spiro atoms. The summed E-state index contributed by atoms with van der Waals surface area (Å²) in [6.07, 6.45) is 1.84. The number of rotatable bonds is 5. The molecule has 6 heteroatoms. The lowest BCUT2D eigenvalue weighted by Crippen LogP contribution is -2.44. The zero-order valence-electron chi connectivity index (χ0n) is 13.7. The Morgan fingerprint density at radius 1 is 1.12 bits per heavy atom. The minimum Gasteiger partial charge on any atom is -0.333 e. The largest absolute Gasteiger partial charge is 0.333 e. The van der Waals surface area contributed by atoms with Crippen LogP contribution in [0, 0.1) is 0 Å². The third-order valence-corrected chi connectivity index (χ3v) is 5.52. The highest BCUT2D eigenvalue weighted by Gasteiger charge is 2.40. The van der Waals surface area contributed by atoms with E-state index in [1.54, 1.807) is 11.3 Å². The fraction of sp³-hybridized carbons (Fsp3) is 0.263. The highest BCUT2D eigenvalue weighted by molar-refractivity contribution is 7.10. The van der Waals surface area contributed by atoms with Crippen LogP contribution < -0.4 is 10.6 Å². The average Bonchev–Trinajstić information content (AvgIpc) is 3.24. The first kappa shape index (κ1) is 15.9. The summed E-state index contributed by atoms with van der Waals surface area (Å²) in [5.41, 5.74) is 2.70. The van der Waals surface area contributed by atoms with Crippen LogP contribution in [0.25, 0.3) is 0 Å². The second-order valence-electron chi connectivity index (χ2n) is 6.25. The Bertz CT molecular complexity index is 814. The number of benzene rings is 1. The summed E-state index contributed by atoms with van der Waals surface area (Å²) >= 11 is 1.55. The zero-order chi connectivity index (χ0) is 17.2. The second kappa shape index (κ2) is 6.72. The Morgan fingerprint density at radius 2 is 1.96 bits per heavy atom. The van der Waals surface area contributed by atoms with Gasteiger partial charge in [-0.1, -0.05) is 36.4 Å². The van der Waals surface area contributed by atoms with Crippen LogP contribution in [-0.4, -0.2) is 29.9 Å². The maximum atomic E-state index is 12.9. The Morgan fingerprint density at radius 3 is 2.72 bits per heavy atom. The van der Waals surface area contributed by atoms with Gasteiger partial charge >= 0.3 is 6.03 Å². The van der Waals surface area contributed by atoms with Crippen molar-refractivity contribution in [2.24, 2.45) is 0 Å². The van der Waals surface area contributed by atoms with Gasteiger partial charge in [-0.05, 0) is 29.9 Å². The van der Waals surface area contributed by atoms with E-state index < -0.39 is 0 Å². The quantitative estimate of drug-likeness (QED) is 0.868. The van der Waals surface area contributed by atoms with Gasteiger partial charge in [0.05, 0.1) is 23.9 Å². The highest BCUT2D eigenvalue weighted by atomic mass is 32.1. The molecule has 3 heterocycles. The average molecular weight is 353 g/mol. The van der Waals surface area contributed by atoms with Crippen molar-refractivity contribution in [1.82, 2.24) is 15.5 Å². The van der Waals surface area contributed by atoms with Crippen molar-refractivity contribution in [1.29, 1.82) is 0 Å². The summed E-state index contributed by atoms with van der Waals surface area (Å²) in [4.78, 5) is 27.6. The molecule has 0 aliphatic carbocycles. The molecule has 0 saturated carbocycles. The van der Waals surface area contributed by atoms with E-state index >= 15 is 0 Å². The number of urea groups is 1. The molecule has 3 amide bonds. The van der Waals surface area contributed by atoms with E-state index in [9.17, 15) is 9.59 Å². The predicted octanol–water partition coefficient (Wildman–Crippen LogP) is 2.83. The maximum absolute atomic E-state index is 12.9. The van der Waals surface area contributed by atoms with Crippen LogP contribution in [0.15, 0.2) is 59.1 Å². The van der Waals surface area contributed by atoms with Crippen molar-refractivity contribution in [3.8, 4) is 0 Å². The lowest BCUT2D eigenvalue weighted by Gasteiger charge is -2.24. The summed E-state index contributed by atoms with van der Waals surface area (Å²) in [6.45, 7) is 1.17. The monoisotopic (exact) mass is 353 g/mol. The standard InChI is InChI=1S/C19H19N3O2S/c23-18-16-14(20-19(24)21-17(16)15-9-5-11-25-15)12-22(18)10-4-8-13-6-2-1-3-7-13/h1-3,5-7,9,11,17H,4,8,10,12H2,(H2,20,21,24). The van der Waals surface area contributed by atoms with E-state index in [0.717, 1.165) is 23.4 Å².